The van der Waals surface area contributed by atoms with Gasteiger partial charge in [0.05, 0.1) is 13.2 Å². The number of rotatable bonds is 8. The van der Waals surface area contributed by atoms with Crippen molar-refractivity contribution < 1.29 is 14.6 Å². The van der Waals surface area contributed by atoms with Gasteiger partial charge in [-0.3, -0.25) is 0 Å². The van der Waals surface area contributed by atoms with Crippen LogP contribution in [-0.2, 0) is 6.61 Å². The number of aliphatic hydroxyl groups is 1. The van der Waals surface area contributed by atoms with Gasteiger partial charge in [0.15, 0.2) is 11.5 Å². The van der Waals surface area contributed by atoms with Crippen LogP contribution in [0.25, 0.3) is 0 Å². The molecular weight excluding hydrogens is 336 g/mol. The zero-order valence-corrected chi connectivity index (χ0v) is 15.8. The van der Waals surface area contributed by atoms with E-state index in [-0.39, 0.29) is 18.6 Å². The summed E-state index contributed by atoms with van der Waals surface area (Å²) in [5.41, 5.74) is 3.13. The molecule has 1 N–H and O–H groups in total. The maximum atomic E-state index is 9.47. The average Bonchev–Trinajstić information content (AvgIpc) is 2.73. The van der Waals surface area contributed by atoms with Gasteiger partial charge in [-0.1, -0.05) is 73.7 Å². The van der Waals surface area contributed by atoms with Crippen molar-refractivity contribution >= 4 is 0 Å². The van der Waals surface area contributed by atoms with E-state index in [0.29, 0.717) is 18.1 Å². The van der Waals surface area contributed by atoms with E-state index in [0.717, 1.165) is 11.1 Å². The Kier molecular flexibility index (Phi) is 6.50. The highest BCUT2D eigenvalue weighted by atomic mass is 16.5. The van der Waals surface area contributed by atoms with Gasteiger partial charge < -0.3 is 14.6 Å². The van der Waals surface area contributed by atoms with E-state index < -0.39 is 0 Å². The van der Waals surface area contributed by atoms with E-state index >= 15 is 0 Å². The van der Waals surface area contributed by atoms with Crippen molar-refractivity contribution in [2.24, 2.45) is 0 Å². The Morgan fingerprint density at radius 1 is 0.778 bits per heavy atom. The Morgan fingerprint density at radius 3 is 2.04 bits per heavy atom. The Morgan fingerprint density at radius 2 is 1.41 bits per heavy atom. The molecule has 0 amide bonds. The van der Waals surface area contributed by atoms with E-state index in [4.69, 9.17) is 9.47 Å². The lowest BCUT2D eigenvalue weighted by atomic mass is 10.0. The Bertz CT molecular complexity index is 831. The molecule has 0 aromatic heterocycles. The van der Waals surface area contributed by atoms with Crippen LogP contribution in [0.15, 0.2) is 78.9 Å². The van der Waals surface area contributed by atoms with Gasteiger partial charge in [-0.05, 0) is 35.7 Å². The molecule has 27 heavy (non-hydrogen) atoms. The molecule has 1 unspecified atom stereocenters. The minimum absolute atomic E-state index is 0.0310. The van der Waals surface area contributed by atoms with Crippen molar-refractivity contribution in [2.45, 2.75) is 32.5 Å². The van der Waals surface area contributed by atoms with Crippen molar-refractivity contribution in [3.8, 4) is 11.5 Å². The fraction of sp³-hybridized carbons (Fsp3) is 0.250. The van der Waals surface area contributed by atoms with Gasteiger partial charge in [0.1, 0.15) is 6.10 Å². The van der Waals surface area contributed by atoms with Crippen LogP contribution >= 0.6 is 0 Å². The zero-order chi connectivity index (χ0) is 19.1. The fourth-order valence-electron chi connectivity index (χ4n) is 2.94. The third kappa shape index (κ3) is 5.11. The first-order chi connectivity index (χ1) is 13.2. The molecule has 0 fully saturated rings. The van der Waals surface area contributed by atoms with Gasteiger partial charge in [-0.15, -0.1) is 0 Å². The monoisotopic (exact) mass is 362 g/mol. The van der Waals surface area contributed by atoms with Gasteiger partial charge in [0.2, 0.25) is 0 Å². The molecular formula is C24H26O3. The van der Waals surface area contributed by atoms with Gasteiger partial charge in [-0.2, -0.15) is 0 Å². The smallest absolute Gasteiger partial charge is 0.162 e. The van der Waals surface area contributed by atoms with E-state index in [1.807, 2.05) is 73.7 Å². The van der Waals surface area contributed by atoms with Gasteiger partial charge in [0.25, 0.3) is 0 Å². The summed E-state index contributed by atoms with van der Waals surface area (Å²) >= 11 is 0. The summed E-state index contributed by atoms with van der Waals surface area (Å²) < 4.78 is 12.3. The van der Waals surface area contributed by atoms with Gasteiger partial charge in [0, 0.05) is 5.92 Å². The molecule has 0 saturated heterocycles. The molecule has 0 saturated carbocycles. The average molecular weight is 362 g/mol. The van der Waals surface area contributed by atoms with Gasteiger partial charge >= 0.3 is 0 Å². The lowest BCUT2D eigenvalue weighted by Crippen LogP contribution is -2.09. The molecule has 140 valence electrons. The summed E-state index contributed by atoms with van der Waals surface area (Å²) in [5, 5.41) is 9.47. The molecule has 0 radical (unpaired) electrons. The minimum atomic E-state index is -0.117. The first-order valence-corrected chi connectivity index (χ1v) is 9.30. The summed E-state index contributed by atoms with van der Waals surface area (Å²) in [6, 6.07) is 26.0. The third-order valence-electron chi connectivity index (χ3n) is 4.62. The molecule has 3 heteroatoms. The summed E-state index contributed by atoms with van der Waals surface area (Å²) in [6.07, 6.45) is -0.117. The first kappa shape index (κ1) is 19.0. The number of aliphatic hydroxyl groups excluding tert-OH is 1. The standard InChI is InChI=1S/C24H26O3/c1-18(21-9-5-3-6-10-21)17-26-23-14-13-20(16-25)15-24(23)27-19(2)22-11-7-4-8-12-22/h3-15,18-19,25H,16-17H2,1-2H3/t18-,19?/m1/s1. The van der Waals surface area contributed by atoms with Crippen molar-refractivity contribution in [1.82, 2.24) is 0 Å². The molecule has 0 heterocycles. The van der Waals surface area contributed by atoms with Crippen LogP contribution in [0, 0.1) is 0 Å². The lowest BCUT2D eigenvalue weighted by Gasteiger charge is -2.20. The second-order valence-electron chi connectivity index (χ2n) is 6.73. The quantitative estimate of drug-likeness (QED) is 0.575. The van der Waals surface area contributed by atoms with Crippen molar-refractivity contribution in [1.29, 1.82) is 0 Å². The zero-order valence-electron chi connectivity index (χ0n) is 15.8. The molecule has 0 aliphatic heterocycles. The lowest BCUT2D eigenvalue weighted by molar-refractivity contribution is 0.204. The van der Waals surface area contributed by atoms with Crippen molar-refractivity contribution in [2.75, 3.05) is 6.61 Å². The molecule has 0 aliphatic rings. The van der Waals surface area contributed by atoms with Crippen LogP contribution in [0.5, 0.6) is 11.5 Å². The highest BCUT2D eigenvalue weighted by molar-refractivity contribution is 5.43. The van der Waals surface area contributed by atoms with E-state index in [2.05, 4.69) is 19.1 Å². The molecule has 0 bridgehead atoms. The fourth-order valence-corrected chi connectivity index (χ4v) is 2.94. The van der Waals surface area contributed by atoms with E-state index in [1.165, 1.54) is 5.56 Å². The number of hydrogen-bond donors (Lipinski definition) is 1. The summed E-state index contributed by atoms with van der Waals surface area (Å²) in [4.78, 5) is 0. The summed E-state index contributed by atoms with van der Waals surface area (Å²) in [5.74, 6) is 1.61. The Balaban J connectivity index is 1.74. The largest absolute Gasteiger partial charge is 0.489 e. The van der Waals surface area contributed by atoms with E-state index in [1.54, 1.807) is 0 Å². The highest BCUT2D eigenvalue weighted by Gasteiger charge is 2.14. The van der Waals surface area contributed by atoms with Crippen LogP contribution in [0.1, 0.15) is 42.6 Å². The molecule has 3 aromatic rings. The molecule has 0 spiro atoms. The number of hydrogen-bond acceptors (Lipinski definition) is 3. The highest BCUT2D eigenvalue weighted by Crippen LogP contribution is 2.33. The number of ether oxygens (including phenoxy) is 2. The minimum Gasteiger partial charge on any atom is -0.489 e. The molecule has 2 atom stereocenters. The Hall–Kier alpha value is -2.78. The number of benzene rings is 3. The SMILES string of the molecule is CC(Oc1cc(CO)ccc1OC[C@@H](C)c1ccccc1)c1ccccc1. The van der Waals surface area contributed by atoms with Gasteiger partial charge in [-0.25, -0.2) is 0 Å². The second kappa shape index (κ2) is 9.24. The maximum absolute atomic E-state index is 9.47. The Labute approximate surface area is 161 Å². The molecule has 3 aromatic carbocycles. The van der Waals surface area contributed by atoms with Crippen LogP contribution < -0.4 is 9.47 Å². The maximum Gasteiger partial charge on any atom is 0.162 e. The first-order valence-electron chi connectivity index (χ1n) is 9.30. The van der Waals surface area contributed by atoms with E-state index in [9.17, 15) is 5.11 Å². The van der Waals surface area contributed by atoms with Crippen LogP contribution in [0.3, 0.4) is 0 Å². The predicted molar refractivity (Wildman–Crippen MR) is 108 cm³/mol. The predicted octanol–water partition coefficient (Wildman–Crippen LogP) is 5.50. The second-order valence-corrected chi connectivity index (χ2v) is 6.73. The van der Waals surface area contributed by atoms with Crippen molar-refractivity contribution in [3.63, 3.8) is 0 Å². The normalized spacial score (nSPS) is 13.0. The third-order valence-corrected chi connectivity index (χ3v) is 4.62. The van der Waals surface area contributed by atoms with Crippen LogP contribution in [-0.4, -0.2) is 11.7 Å². The van der Waals surface area contributed by atoms with Crippen LogP contribution in [0.4, 0.5) is 0 Å². The summed E-state index contributed by atoms with van der Waals surface area (Å²) in [7, 11) is 0. The molecule has 3 nitrogen and oxygen atoms in total. The van der Waals surface area contributed by atoms with Crippen molar-refractivity contribution in [3.05, 3.63) is 95.6 Å². The molecule has 0 aliphatic carbocycles. The topological polar surface area (TPSA) is 38.7 Å². The molecule has 3 rings (SSSR count). The summed E-state index contributed by atoms with van der Waals surface area (Å²) in [6.45, 7) is 4.68. The van der Waals surface area contributed by atoms with Crippen LogP contribution in [0.2, 0.25) is 0 Å².